The van der Waals surface area contributed by atoms with Gasteiger partial charge in [-0.3, -0.25) is 9.88 Å². The Kier molecular flexibility index (Phi) is 4.63. The van der Waals surface area contributed by atoms with Crippen molar-refractivity contribution >= 4 is 0 Å². The molecule has 1 aliphatic heterocycles. The Labute approximate surface area is 127 Å². The minimum atomic E-state index is 0.312. The normalized spacial score (nSPS) is 17.6. The van der Waals surface area contributed by atoms with Crippen LogP contribution in [0.25, 0.3) is 0 Å². The number of nitrogens with zero attached hydrogens (tertiary/aromatic N) is 2. The SMILES string of the molecule is CCc1ccc(C(c2cccnc2)N2CCNCC2)cc1. The number of pyridine rings is 1. The molecule has 1 aromatic heterocycles. The van der Waals surface area contributed by atoms with Crippen LogP contribution in [0.3, 0.4) is 0 Å². The first-order valence-corrected chi connectivity index (χ1v) is 7.82. The smallest absolute Gasteiger partial charge is 0.0617 e. The molecule has 3 heteroatoms. The minimum Gasteiger partial charge on any atom is -0.314 e. The molecule has 1 atom stereocenters. The maximum Gasteiger partial charge on any atom is 0.0617 e. The molecule has 3 nitrogen and oxygen atoms in total. The van der Waals surface area contributed by atoms with Gasteiger partial charge in [0, 0.05) is 38.6 Å². The van der Waals surface area contributed by atoms with Crippen LogP contribution < -0.4 is 5.32 Å². The van der Waals surface area contributed by atoms with Crippen LogP contribution >= 0.6 is 0 Å². The number of aryl methyl sites for hydroxylation is 1. The molecular formula is C18H23N3. The van der Waals surface area contributed by atoms with Crippen LogP contribution in [0.5, 0.6) is 0 Å². The highest BCUT2D eigenvalue weighted by Crippen LogP contribution is 2.28. The molecule has 21 heavy (non-hydrogen) atoms. The molecule has 2 aromatic rings. The molecule has 3 rings (SSSR count). The van der Waals surface area contributed by atoms with Crippen molar-refractivity contribution in [1.29, 1.82) is 0 Å². The van der Waals surface area contributed by atoms with Gasteiger partial charge in [-0.05, 0) is 29.2 Å². The molecule has 1 N–H and O–H groups in total. The van der Waals surface area contributed by atoms with Crippen LogP contribution in [0.1, 0.15) is 29.7 Å². The fourth-order valence-electron chi connectivity index (χ4n) is 3.03. The Morgan fingerprint density at radius 1 is 1.10 bits per heavy atom. The molecule has 0 radical (unpaired) electrons. The Balaban J connectivity index is 1.94. The average molecular weight is 281 g/mol. The average Bonchev–Trinajstić information content (AvgIpc) is 2.58. The molecular weight excluding hydrogens is 258 g/mol. The number of aromatic nitrogens is 1. The van der Waals surface area contributed by atoms with Gasteiger partial charge in [0.05, 0.1) is 6.04 Å². The van der Waals surface area contributed by atoms with E-state index in [4.69, 9.17) is 0 Å². The molecule has 1 saturated heterocycles. The zero-order chi connectivity index (χ0) is 14.5. The molecule has 1 fully saturated rings. The van der Waals surface area contributed by atoms with Crippen molar-refractivity contribution in [2.24, 2.45) is 0 Å². The number of benzene rings is 1. The van der Waals surface area contributed by atoms with Crippen LogP contribution in [-0.2, 0) is 6.42 Å². The molecule has 110 valence electrons. The summed E-state index contributed by atoms with van der Waals surface area (Å²) in [5.41, 5.74) is 4.04. The van der Waals surface area contributed by atoms with Crippen LogP contribution in [0, 0.1) is 0 Å². The fraction of sp³-hybridized carbons (Fsp3) is 0.389. The monoisotopic (exact) mass is 281 g/mol. The predicted octanol–water partition coefficient (Wildman–Crippen LogP) is 2.64. The zero-order valence-electron chi connectivity index (χ0n) is 12.6. The van der Waals surface area contributed by atoms with E-state index in [0.29, 0.717) is 6.04 Å². The van der Waals surface area contributed by atoms with Crippen LogP contribution in [-0.4, -0.2) is 36.1 Å². The van der Waals surface area contributed by atoms with Gasteiger partial charge in [0.15, 0.2) is 0 Å². The summed E-state index contributed by atoms with van der Waals surface area (Å²) >= 11 is 0. The first kappa shape index (κ1) is 14.2. The molecule has 1 aromatic carbocycles. The third kappa shape index (κ3) is 3.31. The Bertz CT molecular complexity index is 544. The highest BCUT2D eigenvalue weighted by atomic mass is 15.2. The summed E-state index contributed by atoms with van der Waals surface area (Å²) in [7, 11) is 0. The lowest BCUT2D eigenvalue weighted by Gasteiger charge is -2.35. The molecule has 1 aliphatic rings. The summed E-state index contributed by atoms with van der Waals surface area (Å²) in [5, 5.41) is 3.43. The number of hydrogen-bond acceptors (Lipinski definition) is 3. The number of hydrogen-bond donors (Lipinski definition) is 1. The topological polar surface area (TPSA) is 28.2 Å². The van der Waals surface area contributed by atoms with Gasteiger partial charge in [-0.25, -0.2) is 0 Å². The van der Waals surface area contributed by atoms with Crippen molar-refractivity contribution in [3.63, 3.8) is 0 Å². The van der Waals surface area contributed by atoms with Gasteiger partial charge < -0.3 is 5.32 Å². The van der Waals surface area contributed by atoms with Crippen LogP contribution in [0.15, 0.2) is 48.8 Å². The van der Waals surface area contributed by atoms with E-state index in [2.05, 4.69) is 52.5 Å². The van der Waals surface area contributed by atoms with Gasteiger partial charge in [-0.15, -0.1) is 0 Å². The Morgan fingerprint density at radius 3 is 2.48 bits per heavy atom. The Morgan fingerprint density at radius 2 is 1.86 bits per heavy atom. The largest absolute Gasteiger partial charge is 0.314 e. The van der Waals surface area contributed by atoms with Gasteiger partial charge >= 0.3 is 0 Å². The van der Waals surface area contributed by atoms with Gasteiger partial charge in [-0.2, -0.15) is 0 Å². The summed E-state index contributed by atoms with van der Waals surface area (Å²) in [6.07, 6.45) is 4.93. The standard InChI is InChI=1S/C18H23N3/c1-2-15-5-7-16(8-6-15)18(17-4-3-9-20-14-17)21-12-10-19-11-13-21/h3-9,14,18-19H,2,10-13H2,1H3. The summed E-state index contributed by atoms with van der Waals surface area (Å²) in [6, 6.07) is 13.6. The lowest BCUT2D eigenvalue weighted by atomic mass is 9.96. The summed E-state index contributed by atoms with van der Waals surface area (Å²) in [6.45, 7) is 6.47. The second-order valence-electron chi connectivity index (χ2n) is 5.57. The van der Waals surface area contributed by atoms with E-state index in [1.807, 2.05) is 18.5 Å². The molecule has 1 unspecified atom stereocenters. The van der Waals surface area contributed by atoms with E-state index in [0.717, 1.165) is 32.6 Å². The third-order valence-corrected chi connectivity index (χ3v) is 4.22. The van der Waals surface area contributed by atoms with Crippen molar-refractivity contribution < 1.29 is 0 Å². The lowest BCUT2D eigenvalue weighted by Crippen LogP contribution is -2.45. The maximum absolute atomic E-state index is 4.32. The first-order valence-electron chi connectivity index (χ1n) is 7.82. The zero-order valence-corrected chi connectivity index (χ0v) is 12.6. The second-order valence-corrected chi connectivity index (χ2v) is 5.57. The summed E-state index contributed by atoms with van der Waals surface area (Å²) in [4.78, 5) is 6.87. The van der Waals surface area contributed by atoms with Crippen molar-refractivity contribution in [1.82, 2.24) is 15.2 Å². The van der Waals surface area contributed by atoms with Crippen LogP contribution in [0.4, 0.5) is 0 Å². The summed E-state index contributed by atoms with van der Waals surface area (Å²) < 4.78 is 0. The van der Waals surface area contributed by atoms with E-state index in [1.165, 1.54) is 16.7 Å². The van der Waals surface area contributed by atoms with Gasteiger partial charge in [0.2, 0.25) is 0 Å². The lowest BCUT2D eigenvalue weighted by molar-refractivity contribution is 0.198. The van der Waals surface area contributed by atoms with E-state index in [1.54, 1.807) is 0 Å². The van der Waals surface area contributed by atoms with E-state index in [-0.39, 0.29) is 0 Å². The number of nitrogens with one attached hydrogen (secondary N) is 1. The number of rotatable bonds is 4. The molecule has 0 aliphatic carbocycles. The van der Waals surface area contributed by atoms with Gasteiger partial charge in [-0.1, -0.05) is 37.3 Å². The fourth-order valence-corrected chi connectivity index (χ4v) is 3.03. The van der Waals surface area contributed by atoms with Crippen molar-refractivity contribution in [3.8, 4) is 0 Å². The first-order chi connectivity index (χ1) is 10.4. The highest BCUT2D eigenvalue weighted by molar-refractivity contribution is 5.32. The van der Waals surface area contributed by atoms with Crippen molar-refractivity contribution in [3.05, 3.63) is 65.5 Å². The molecule has 0 amide bonds. The molecule has 0 saturated carbocycles. The minimum absolute atomic E-state index is 0.312. The second kappa shape index (κ2) is 6.83. The molecule has 2 heterocycles. The van der Waals surface area contributed by atoms with Crippen molar-refractivity contribution in [2.45, 2.75) is 19.4 Å². The Hall–Kier alpha value is -1.71. The molecule has 0 spiro atoms. The van der Waals surface area contributed by atoms with Crippen LogP contribution in [0.2, 0.25) is 0 Å². The maximum atomic E-state index is 4.32. The van der Waals surface area contributed by atoms with E-state index in [9.17, 15) is 0 Å². The summed E-state index contributed by atoms with van der Waals surface area (Å²) in [5.74, 6) is 0. The van der Waals surface area contributed by atoms with E-state index >= 15 is 0 Å². The third-order valence-electron chi connectivity index (χ3n) is 4.22. The predicted molar refractivity (Wildman–Crippen MR) is 86.3 cm³/mol. The quantitative estimate of drug-likeness (QED) is 0.934. The van der Waals surface area contributed by atoms with Crippen molar-refractivity contribution in [2.75, 3.05) is 26.2 Å². The van der Waals surface area contributed by atoms with Gasteiger partial charge in [0.1, 0.15) is 0 Å². The van der Waals surface area contributed by atoms with Gasteiger partial charge in [0.25, 0.3) is 0 Å². The highest BCUT2D eigenvalue weighted by Gasteiger charge is 2.23. The molecule has 0 bridgehead atoms. The van der Waals surface area contributed by atoms with E-state index < -0.39 is 0 Å². The number of piperazine rings is 1.